The van der Waals surface area contributed by atoms with Crippen LogP contribution in [-0.2, 0) is 16.1 Å². The Morgan fingerprint density at radius 2 is 1.70 bits per heavy atom. The molecular weight excluding hydrogens is 483 g/mol. The third kappa shape index (κ3) is 8.73. The van der Waals surface area contributed by atoms with Gasteiger partial charge in [0.25, 0.3) is 0 Å². The van der Waals surface area contributed by atoms with E-state index in [4.69, 9.17) is 39.5 Å². The standard InChI is InChI=1S/C25H31Cl3N2O3/c1-4-17(3)29-25(32)23(5-2)30(16-18-8-13-21(27)22(28)15-18)24(31)7-6-14-33-20-11-9-19(26)10-12-20/h8-13,15,17,23H,4-7,14,16H2,1-3H3,(H,29,32)/t17-,23-/m1/s1. The van der Waals surface area contributed by atoms with Crippen molar-refractivity contribution < 1.29 is 14.3 Å². The van der Waals surface area contributed by atoms with Crippen LogP contribution in [0.15, 0.2) is 42.5 Å². The van der Waals surface area contributed by atoms with Gasteiger partial charge >= 0.3 is 0 Å². The maximum Gasteiger partial charge on any atom is 0.243 e. The van der Waals surface area contributed by atoms with Gasteiger partial charge in [0.1, 0.15) is 11.8 Å². The second-order valence-corrected chi connectivity index (χ2v) is 9.17. The van der Waals surface area contributed by atoms with Crippen molar-refractivity contribution >= 4 is 46.6 Å². The van der Waals surface area contributed by atoms with E-state index in [1.807, 2.05) is 26.8 Å². The average Bonchev–Trinajstić information content (AvgIpc) is 2.79. The van der Waals surface area contributed by atoms with Crippen molar-refractivity contribution in [3.05, 3.63) is 63.1 Å². The zero-order chi connectivity index (χ0) is 24.4. The van der Waals surface area contributed by atoms with E-state index in [1.165, 1.54) is 0 Å². The SMILES string of the molecule is CC[C@@H](C)NC(=O)[C@@H](CC)N(Cc1ccc(Cl)c(Cl)c1)C(=O)CCCOc1ccc(Cl)cc1. The number of amides is 2. The maximum atomic E-state index is 13.2. The molecular formula is C25H31Cl3N2O3. The quantitative estimate of drug-likeness (QED) is 0.328. The summed E-state index contributed by atoms with van der Waals surface area (Å²) in [5, 5.41) is 4.49. The minimum absolute atomic E-state index is 0.0289. The third-order valence-electron chi connectivity index (χ3n) is 5.34. The average molecular weight is 514 g/mol. The Bertz CT molecular complexity index is 922. The number of halogens is 3. The van der Waals surface area contributed by atoms with Gasteiger partial charge in [-0.3, -0.25) is 9.59 Å². The first kappa shape index (κ1) is 27.3. The summed E-state index contributed by atoms with van der Waals surface area (Å²) in [5.41, 5.74) is 0.810. The molecule has 0 saturated heterocycles. The van der Waals surface area contributed by atoms with E-state index in [2.05, 4.69) is 5.32 Å². The zero-order valence-corrected chi connectivity index (χ0v) is 21.5. The van der Waals surface area contributed by atoms with Crippen molar-refractivity contribution in [1.82, 2.24) is 10.2 Å². The van der Waals surface area contributed by atoms with E-state index >= 15 is 0 Å². The molecule has 0 radical (unpaired) electrons. The van der Waals surface area contributed by atoms with E-state index < -0.39 is 6.04 Å². The monoisotopic (exact) mass is 512 g/mol. The van der Waals surface area contributed by atoms with Gasteiger partial charge in [-0.1, -0.05) is 54.7 Å². The molecule has 5 nitrogen and oxygen atoms in total. The molecule has 0 aliphatic heterocycles. The largest absolute Gasteiger partial charge is 0.494 e. The molecule has 0 heterocycles. The van der Waals surface area contributed by atoms with Gasteiger partial charge in [-0.15, -0.1) is 0 Å². The topological polar surface area (TPSA) is 58.6 Å². The summed E-state index contributed by atoms with van der Waals surface area (Å²) in [5.74, 6) is 0.420. The van der Waals surface area contributed by atoms with E-state index in [1.54, 1.807) is 41.3 Å². The van der Waals surface area contributed by atoms with Crippen LogP contribution in [0.1, 0.15) is 52.0 Å². The van der Waals surface area contributed by atoms with E-state index in [0.29, 0.717) is 40.3 Å². The molecule has 33 heavy (non-hydrogen) atoms. The molecule has 2 amide bonds. The summed E-state index contributed by atoms with van der Waals surface area (Å²) >= 11 is 18.1. The molecule has 0 aliphatic carbocycles. The smallest absolute Gasteiger partial charge is 0.243 e. The number of hydrogen-bond donors (Lipinski definition) is 1. The normalized spacial score (nSPS) is 12.7. The van der Waals surface area contributed by atoms with Crippen molar-refractivity contribution in [3.8, 4) is 5.75 Å². The zero-order valence-electron chi connectivity index (χ0n) is 19.2. The van der Waals surface area contributed by atoms with Crippen molar-refractivity contribution in [2.24, 2.45) is 0 Å². The molecule has 1 N–H and O–H groups in total. The predicted molar refractivity (Wildman–Crippen MR) is 135 cm³/mol. The van der Waals surface area contributed by atoms with Crippen LogP contribution in [0.3, 0.4) is 0 Å². The minimum atomic E-state index is -0.585. The Morgan fingerprint density at radius 3 is 2.30 bits per heavy atom. The molecule has 180 valence electrons. The van der Waals surface area contributed by atoms with Gasteiger partial charge in [0, 0.05) is 24.0 Å². The molecule has 0 aliphatic rings. The maximum absolute atomic E-state index is 13.2. The molecule has 0 spiro atoms. The number of benzene rings is 2. The molecule has 2 atom stereocenters. The lowest BCUT2D eigenvalue weighted by Crippen LogP contribution is -2.50. The Labute approximate surface area is 211 Å². The summed E-state index contributed by atoms with van der Waals surface area (Å²) in [6, 6.07) is 11.8. The highest BCUT2D eigenvalue weighted by Crippen LogP contribution is 2.24. The second-order valence-electron chi connectivity index (χ2n) is 7.92. The first-order chi connectivity index (χ1) is 15.7. The number of carbonyl (C=O) groups is 2. The fourth-order valence-electron chi connectivity index (χ4n) is 3.28. The summed E-state index contributed by atoms with van der Waals surface area (Å²) in [6.45, 7) is 6.50. The van der Waals surface area contributed by atoms with Gasteiger partial charge < -0.3 is 15.0 Å². The van der Waals surface area contributed by atoms with Crippen LogP contribution in [0, 0.1) is 0 Å². The molecule has 0 aromatic heterocycles. The van der Waals surface area contributed by atoms with Crippen LogP contribution in [0.4, 0.5) is 0 Å². The minimum Gasteiger partial charge on any atom is -0.494 e. The summed E-state index contributed by atoms with van der Waals surface area (Å²) in [7, 11) is 0. The lowest BCUT2D eigenvalue weighted by Gasteiger charge is -2.31. The molecule has 8 heteroatoms. The first-order valence-corrected chi connectivity index (χ1v) is 12.3. The van der Waals surface area contributed by atoms with Crippen LogP contribution in [0.25, 0.3) is 0 Å². The Balaban J connectivity index is 2.09. The van der Waals surface area contributed by atoms with E-state index in [0.717, 1.165) is 12.0 Å². The van der Waals surface area contributed by atoms with Gasteiger partial charge in [0.15, 0.2) is 0 Å². The van der Waals surface area contributed by atoms with E-state index in [-0.39, 0.29) is 30.8 Å². The second kappa shape index (κ2) is 13.7. The van der Waals surface area contributed by atoms with Gasteiger partial charge in [-0.2, -0.15) is 0 Å². The lowest BCUT2D eigenvalue weighted by molar-refractivity contribution is -0.141. The van der Waals surface area contributed by atoms with Crippen molar-refractivity contribution in [2.45, 2.75) is 65.1 Å². The number of nitrogens with one attached hydrogen (secondary N) is 1. The highest BCUT2D eigenvalue weighted by molar-refractivity contribution is 6.42. The van der Waals surface area contributed by atoms with Crippen LogP contribution in [0.2, 0.25) is 15.1 Å². The molecule has 0 fully saturated rings. The molecule has 0 bridgehead atoms. The third-order valence-corrected chi connectivity index (χ3v) is 6.33. The van der Waals surface area contributed by atoms with Crippen LogP contribution in [-0.4, -0.2) is 35.4 Å². The van der Waals surface area contributed by atoms with Gasteiger partial charge in [0.05, 0.1) is 16.7 Å². The highest BCUT2D eigenvalue weighted by Gasteiger charge is 2.29. The number of rotatable bonds is 12. The van der Waals surface area contributed by atoms with Crippen molar-refractivity contribution in [3.63, 3.8) is 0 Å². The molecule has 2 rings (SSSR count). The highest BCUT2D eigenvalue weighted by atomic mass is 35.5. The van der Waals surface area contributed by atoms with Crippen molar-refractivity contribution in [1.29, 1.82) is 0 Å². The number of carbonyl (C=O) groups excluding carboxylic acids is 2. The van der Waals surface area contributed by atoms with Crippen LogP contribution in [0.5, 0.6) is 5.75 Å². The number of nitrogens with zero attached hydrogens (tertiary/aromatic N) is 1. The molecule has 2 aromatic carbocycles. The lowest BCUT2D eigenvalue weighted by atomic mass is 10.1. The Kier molecular flexibility index (Phi) is 11.3. The number of hydrogen-bond acceptors (Lipinski definition) is 3. The fraction of sp³-hybridized carbons (Fsp3) is 0.440. The van der Waals surface area contributed by atoms with Gasteiger partial charge in [-0.25, -0.2) is 0 Å². The first-order valence-electron chi connectivity index (χ1n) is 11.2. The molecule has 0 unspecified atom stereocenters. The molecule has 2 aromatic rings. The summed E-state index contributed by atoms with van der Waals surface area (Å²) < 4.78 is 5.70. The summed E-state index contributed by atoms with van der Waals surface area (Å²) in [6.07, 6.45) is 2.08. The fourth-order valence-corrected chi connectivity index (χ4v) is 3.73. The Hall–Kier alpha value is -1.95. The summed E-state index contributed by atoms with van der Waals surface area (Å²) in [4.78, 5) is 27.8. The van der Waals surface area contributed by atoms with Crippen molar-refractivity contribution in [2.75, 3.05) is 6.61 Å². The molecule has 0 saturated carbocycles. The van der Waals surface area contributed by atoms with E-state index in [9.17, 15) is 9.59 Å². The number of ether oxygens (including phenoxy) is 1. The van der Waals surface area contributed by atoms with Crippen LogP contribution >= 0.6 is 34.8 Å². The van der Waals surface area contributed by atoms with Crippen LogP contribution < -0.4 is 10.1 Å². The Morgan fingerprint density at radius 1 is 1.00 bits per heavy atom. The van der Waals surface area contributed by atoms with Gasteiger partial charge in [0.2, 0.25) is 11.8 Å². The predicted octanol–water partition coefficient (Wildman–Crippen LogP) is 6.53. The van der Waals surface area contributed by atoms with Gasteiger partial charge in [-0.05, 0) is 68.1 Å².